The Morgan fingerprint density at radius 1 is 1.40 bits per heavy atom. The fourth-order valence-corrected chi connectivity index (χ4v) is 1.98. The maximum atomic E-state index is 5.94. The Hall–Kier alpha value is -0.340. The lowest BCUT2D eigenvalue weighted by Crippen LogP contribution is -2.14. The van der Waals surface area contributed by atoms with Gasteiger partial charge in [-0.15, -0.1) is 0 Å². The summed E-state index contributed by atoms with van der Waals surface area (Å²) in [5.74, 6) is 0. The van der Waals surface area contributed by atoms with Gasteiger partial charge in [-0.1, -0.05) is 52.7 Å². The van der Waals surface area contributed by atoms with Crippen molar-refractivity contribution in [3.05, 3.63) is 35.4 Å². The Labute approximate surface area is 101 Å². The molecule has 15 heavy (non-hydrogen) atoms. The Bertz CT molecular complexity index is 298. The van der Waals surface area contributed by atoms with Crippen molar-refractivity contribution in [1.82, 2.24) is 0 Å². The number of rotatable bonds is 5. The quantitative estimate of drug-likeness (QED) is 0.727. The largest absolute Gasteiger partial charge is 0.370 e. The highest BCUT2D eigenvalue weighted by molar-refractivity contribution is 9.09. The standard InChI is InChI=1S/C13H19BrO/c1-4-11(3)15-13(9-14)12-7-5-6-10(2)8-12/h5-8,11,13H,4,9H2,1-3H3. The molecular formula is C13H19BrO. The van der Waals surface area contributed by atoms with Gasteiger partial charge in [-0.05, 0) is 25.8 Å². The highest BCUT2D eigenvalue weighted by atomic mass is 79.9. The van der Waals surface area contributed by atoms with E-state index in [4.69, 9.17) is 4.74 Å². The van der Waals surface area contributed by atoms with E-state index in [9.17, 15) is 0 Å². The molecule has 0 aromatic heterocycles. The summed E-state index contributed by atoms with van der Waals surface area (Å²) >= 11 is 3.51. The molecule has 0 bridgehead atoms. The molecule has 0 saturated carbocycles. The average Bonchev–Trinajstić information content (AvgIpc) is 2.25. The Balaban J connectivity index is 2.73. The van der Waals surface area contributed by atoms with Crippen LogP contribution in [-0.4, -0.2) is 11.4 Å². The van der Waals surface area contributed by atoms with Gasteiger partial charge >= 0.3 is 0 Å². The molecule has 2 heteroatoms. The second-order valence-corrected chi connectivity index (χ2v) is 4.56. The monoisotopic (exact) mass is 270 g/mol. The van der Waals surface area contributed by atoms with Crippen LogP contribution < -0.4 is 0 Å². The summed E-state index contributed by atoms with van der Waals surface area (Å²) in [6.45, 7) is 6.37. The SMILES string of the molecule is CCC(C)OC(CBr)c1cccc(C)c1. The van der Waals surface area contributed by atoms with E-state index in [1.165, 1.54) is 11.1 Å². The normalized spacial score (nSPS) is 14.9. The van der Waals surface area contributed by atoms with Crippen LogP contribution >= 0.6 is 15.9 Å². The zero-order valence-corrected chi connectivity index (χ0v) is 11.3. The summed E-state index contributed by atoms with van der Waals surface area (Å²) in [6, 6.07) is 8.51. The molecule has 0 aliphatic rings. The molecule has 0 aliphatic carbocycles. The van der Waals surface area contributed by atoms with Gasteiger partial charge in [0.2, 0.25) is 0 Å². The van der Waals surface area contributed by atoms with Gasteiger partial charge in [-0.3, -0.25) is 0 Å². The summed E-state index contributed by atoms with van der Waals surface area (Å²) in [4.78, 5) is 0. The molecule has 2 unspecified atom stereocenters. The molecule has 0 fully saturated rings. The molecule has 0 spiro atoms. The molecule has 0 amide bonds. The zero-order chi connectivity index (χ0) is 11.3. The molecule has 0 aliphatic heterocycles. The van der Waals surface area contributed by atoms with Crippen LogP contribution in [0.3, 0.4) is 0 Å². The smallest absolute Gasteiger partial charge is 0.0925 e. The molecule has 0 radical (unpaired) electrons. The van der Waals surface area contributed by atoms with Crippen LogP contribution in [-0.2, 0) is 4.74 Å². The van der Waals surface area contributed by atoms with Crippen molar-refractivity contribution in [3.8, 4) is 0 Å². The molecule has 2 atom stereocenters. The summed E-state index contributed by atoms with van der Waals surface area (Å²) < 4.78 is 5.94. The molecule has 0 N–H and O–H groups in total. The van der Waals surface area contributed by atoms with E-state index in [2.05, 4.69) is 61.0 Å². The second kappa shape index (κ2) is 6.29. The van der Waals surface area contributed by atoms with E-state index < -0.39 is 0 Å². The maximum Gasteiger partial charge on any atom is 0.0925 e. The number of alkyl halides is 1. The van der Waals surface area contributed by atoms with Crippen LogP contribution in [0.2, 0.25) is 0 Å². The Kier molecular flexibility index (Phi) is 5.34. The average molecular weight is 271 g/mol. The van der Waals surface area contributed by atoms with Gasteiger partial charge in [0.1, 0.15) is 0 Å². The van der Waals surface area contributed by atoms with Crippen molar-refractivity contribution in [1.29, 1.82) is 0 Å². The Morgan fingerprint density at radius 2 is 2.13 bits per heavy atom. The van der Waals surface area contributed by atoms with Crippen molar-refractivity contribution in [2.75, 3.05) is 5.33 Å². The summed E-state index contributed by atoms with van der Waals surface area (Å²) in [5.41, 5.74) is 2.54. The van der Waals surface area contributed by atoms with Gasteiger partial charge in [-0.2, -0.15) is 0 Å². The van der Waals surface area contributed by atoms with Crippen molar-refractivity contribution in [2.24, 2.45) is 0 Å². The van der Waals surface area contributed by atoms with Crippen LogP contribution in [0.4, 0.5) is 0 Å². The van der Waals surface area contributed by atoms with Crippen molar-refractivity contribution in [3.63, 3.8) is 0 Å². The van der Waals surface area contributed by atoms with Crippen LogP contribution in [0.5, 0.6) is 0 Å². The first-order valence-corrected chi connectivity index (χ1v) is 6.57. The number of aryl methyl sites for hydroxylation is 1. The van der Waals surface area contributed by atoms with Crippen molar-refractivity contribution >= 4 is 15.9 Å². The van der Waals surface area contributed by atoms with Gasteiger partial charge < -0.3 is 4.74 Å². The fraction of sp³-hybridized carbons (Fsp3) is 0.538. The first-order valence-electron chi connectivity index (χ1n) is 5.45. The predicted octanol–water partition coefficient (Wildman–Crippen LogP) is 4.25. The zero-order valence-electron chi connectivity index (χ0n) is 9.66. The highest BCUT2D eigenvalue weighted by Gasteiger charge is 2.13. The lowest BCUT2D eigenvalue weighted by Gasteiger charge is -2.20. The minimum atomic E-state index is 0.167. The molecule has 1 aromatic carbocycles. The summed E-state index contributed by atoms with van der Waals surface area (Å²) in [6.07, 6.45) is 1.53. The lowest BCUT2D eigenvalue weighted by molar-refractivity contribution is 0.00882. The molecule has 0 saturated heterocycles. The topological polar surface area (TPSA) is 9.23 Å². The Morgan fingerprint density at radius 3 is 2.67 bits per heavy atom. The van der Waals surface area contributed by atoms with Gasteiger partial charge in [0.25, 0.3) is 0 Å². The minimum Gasteiger partial charge on any atom is -0.370 e. The third kappa shape index (κ3) is 3.96. The number of benzene rings is 1. The molecular weight excluding hydrogens is 252 g/mol. The molecule has 1 aromatic rings. The van der Waals surface area contributed by atoms with E-state index in [1.54, 1.807) is 0 Å². The van der Waals surface area contributed by atoms with Crippen LogP contribution in [0.15, 0.2) is 24.3 Å². The number of hydrogen-bond acceptors (Lipinski definition) is 1. The minimum absolute atomic E-state index is 0.167. The van der Waals surface area contributed by atoms with E-state index in [1.807, 2.05) is 0 Å². The molecule has 1 nitrogen and oxygen atoms in total. The number of halogens is 1. The van der Waals surface area contributed by atoms with Gasteiger partial charge in [0.15, 0.2) is 0 Å². The predicted molar refractivity (Wildman–Crippen MR) is 68.6 cm³/mol. The van der Waals surface area contributed by atoms with Crippen molar-refractivity contribution in [2.45, 2.75) is 39.4 Å². The maximum absolute atomic E-state index is 5.94. The summed E-state index contributed by atoms with van der Waals surface area (Å²) in [5, 5.41) is 0.848. The van der Waals surface area contributed by atoms with Crippen LogP contribution in [0.1, 0.15) is 37.5 Å². The summed E-state index contributed by atoms with van der Waals surface area (Å²) in [7, 11) is 0. The fourth-order valence-electron chi connectivity index (χ4n) is 1.45. The lowest BCUT2D eigenvalue weighted by atomic mass is 10.1. The first-order chi connectivity index (χ1) is 7.17. The third-order valence-corrected chi connectivity index (χ3v) is 3.11. The number of ether oxygens (including phenoxy) is 1. The highest BCUT2D eigenvalue weighted by Crippen LogP contribution is 2.22. The second-order valence-electron chi connectivity index (χ2n) is 3.91. The van der Waals surface area contributed by atoms with E-state index in [0.717, 1.165) is 11.8 Å². The van der Waals surface area contributed by atoms with Crippen molar-refractivity contribution < 1.29 is 4.74 Å². The van der Waals surface area contributed by atoms with E-state index in [0.29, 0.717) is 6.10 Å². The third-order valence-electron chi connectivity index (χ3n) is 2.53. The van der Waals surface area contributed by atoms with E-state index >= 15 is 0 Å². The molecule has 84 valence electrons. The first kappa shape index (κ1) is 12.7. The van der Waals surface area contributed by atoms with Crippen LogP contribution in [0, 0.1) is 6.92 Å². The van der Waals surface area contributed by atoms with Gasteiger partial charge in [-0.25, -0.2) is 0 Å². The van der Waals surface area contributed by atoms with Crippen LogP contribution in [0.25, 0.3) is 0 Å². The van der Waals surface area contributed by atoms with Gasteiger partial charge in [0, 0.05) is 5.33 Å². The van der Waals surface area contributed by atoms with Gasteiger partial charge in [0.05, 0.1) is 12.2 Å². The van der Waals surface area contributed by atoms with E-state index in [-0.39, 0.29) is 6.10 Å². The number of hydrogen-bond donors (Lipinski definition) is 0. The molecule has 1 rings (SSSR count). The molecule has 0 heterocycles.